The van der Waals surface area contributed by atoms with Crippen molar-refractivity contribution in [3.63, 3.8) is 0 Å². The molecule has 0 heterocycles. The lowest BCUT2D eigenvalue weighted by molar-refractivity contribution is 0.137. The van der Waals surface area contributed by atoms with Gasteiger partial charge in [0.25, 0.3) is 0 Å². The van der Waals surface area contributed by atoms with Gasteiger partial charge in [0, 0.05) is 11.6 Å². The average Bonchev–Trinajstić information content (AvgIpc) is 3.24. The van der Waals surface area contributed by atoms with Crippen molar-refractivity contribution in [2.24, 2.45) is 5.92 Å². The number of hydrogen-bond acceptors (Lipinski definition) is 4. The van der Waals surface area contributed by atoms with Crippen LogP contribution in [-0.2, 0) is 0 Å². The maximum atomic E-state index is 10.1. The first-order valence-corrected chi connectivity index (χ1v) is 6.01. The molecule has 1 N–H and O–H groups in total. The third-order valence-corrected chi connectivity index (χ3v) is 3.36. The standard InChI is InChI=1S/C14H17NO3/c1-17-10-5-6-11(13(7-10)18-2)12(8-15)14(16)9-3-4-9/h5-7,9,12,14,16H,3-4H2,1-2H3. The van der Waals surface area contributed by atoms with Crippen LogP contribution in [0.4, 0.5) is 0 Å². The molecule has 96 valence electrons. The summed E-state index contributed by atoms with van der Waals surface area (Å²) in [5.74, 6) is 0.966. The van der Waals surface area contributed by atoms with Gasteiger partial charge < -0.3 is 14.6 Å². The molecule has 1 aromatic rings. The third kappa shape index (κ3) is 2.41. The summed E-state index contributed by atoms with van der Waals surface area (Å²) in [6, 6.07) is 7.48. The highest BCUT2D eigenvalue weighted by atomic mass is 16.5. The van der Waals surface area contributed by atoms with Gasteiger partial charge in [0.2, 0.25) is 0 Å². The van der Waals surface area contributed by atoms with Crippen LogP contribution >= 0.6 is 0 Å². The number of nitrogens with zero attached hydrogens (tertiary/aromatic N) is 1. The Labute approximate surface area is 107 Å². The molecule has 0 radical (unpaired) electrons. The number of nitriles is 1. The van der Waals surface area contributed by atoms with Gasteiger partial charge >= 0.3 is 0 Å². The number of aliphatic hydroxyl groups is 1. The van der Waals surface area contributed by atoms with Gasteiger partial charge in [0.05, 0.1) is 26.4 Å². The SMILES string of the molecule is COc1ccc(C(C#N)C(O)C2CC2)c(OC)c1. The molecule has 0 bridgehead atoms. The second-order valence-corrected chi connectivity index (χ2v) is 4.54. The molecule has 2 unspecified atom stereocenters. The third-order valence-electron chi connectivity index (χ3n) is 3.36. The number of benzene rings is 1. The first-order valence-electron chi connectivity index (χ1n) is 6.01. The fraction of sp³-hybridized carbons (Fsp3) is 0.500. The van der Waals surface area contributed by atoms with Gasteiger partial charge in [-0.25, -0.2) is 0 Å². The lowest BCUT2D eigenvalue weighted by atomic mass is 9.91. The number of aliphatic hydroxyl groups excluding tert-OH is 1. The molecule has 2 rings (SSSR count). The van der Waals surface area contributed by atoms with Crippen LogP contribution in [0.3, 0.4) is 0 Å². The van der Waals surface area contributed by atoms with Gasteiger partial charge in [-0.15, -0.1) is 0 Å². The quantitative estimate of drug-likeness (QED) is 0.865. The molecule has 1 aliphatic rings. The topological polar surface area (TPSA) is 62.5 Å². The molecule has 0 spiro atoms. The molecule has 1 aliphatic carbocycles. The molecular formula is C14H17NO3. The number of rotatable bonds is 5. The highest BCUT2D eigenvalue weighted by Gasteiger charge is 2.37. The van der Waals surface area contributed by atoms with E-state index in [1.165, 1.54) is 0 Å². The van der Waals surface area contributed by atoms with Crippen LogP contribution in [0.5, 0.6) is 11.5 Å². The maximum absolute atomic E-state index is 10.1. The Kier molecular flexibility index (Phi) is 3.73. The van der Waals surface area contributed by atoms with Crippen molar-refractivity contribution < 1.29 is 14.6 Å². The zero-order chi connectivity index (χ0) is 13.1. The molecular weight excluding hydrogens is 230 g/mol. The van der Waals surface area contributed by atoms with E-state index in [-0.39, 0.29) is 5.92 Å². The Morgan fingerprint density at radius 2 is 2.06 bits per heavy atom. The predicted molar refractivity (Wildman–Crippen MR) is 66.6 cm³/mol. The van der Waals surface area contributed by atoms with E-state index in [0.29, 0.717) is 11.5 Å². The summed E-state index contributed by atoms with van der Waals surface area (Å²) < 4.78 is 10.4. The Balaban J connectivity index is 2.32. The van der Waals surface area contributed by atoms with Gasteiger partial charge in [0.1, 0.15) is 17.4 Å². The van der Waals surface area contributed by atoms with Gasteiger partial charge in [-0.3, -0.25) is 0 Å². The molecule has 1 fully saturated rings. The predicted octanol–water partition coefficient (Wildman–Crippen LogP) is 2.08. The van der Waals surface area contributed by atoms with Crippen LogP contribution in [0.2, 0.25) is 0 Å². The van der Waals surface area contributed by atoms with E-state index < -0.39 is 12.0 Å². The molecule has 18 heavy (non-hydrogen) atoms. The van der Waals surface area contributed by atoms with E-state index in [1.807, 2.05) is 0 Å². The van der Waals surface area contributed by atoms with Crippen LogP contribution < -0.4 is 9.47 Å². The Bertz CT molecular complexity index is 463. The van der Waals surface area contributed by atoms with Gasteiger partial charge in [-0.2, -0.15) is 5.26 Å². The monoisotopic (exact) mass is 247 g/mol. The Hall–Kier alpha value is -1.73. The molecule has 1 aromatic carbocycles. The smallest absolute Gasteiger partial charge is 0.127 e. The maximum Gasteiger partial charge on any atom is 0.127 e. The lowest BCUT2D eigenvalue weighted by Crippen LogP contribution is -2.20. The molecule has 4 heteroatoms. The summed E-state index contributed by atoms with van der Waals surface area (Å²) in [5, 5.41) is 19.4. The van der Waals surface area contributed by atoms with E-state index in [9.17, 15) is 10.4 Å². The van der Waals surface area contributed by atoms with Crippen LogP contribution in [0, 0.1) is 17.2 Å². The van der Waals surface area contributed by atoms with Crippen molar-refractivity contribution in [3.05, 3.63) is 23.8 Å². The van der Waals surface area contributed by atoms with Crippen LogP contribution in [0.25, 0.3) is 0 Å². The molecule has 2 atom stereocenters. The van der Waals surface area contributed by atoms with Crippen molar-refractivity contribution in [1.29, 1.82) is 5.26 Å². The minimum atomic E-state index is -0.614. The average molecular weight is 247 g/mol. The zero-order valence-corrected chi connectivity index (χ0v) is 10.6. The van der Waals surface area contributed by atoms with Gasteiger partial charge in [0.15, 0.2) is 0 Å². The van der Waals surface area contributed by atoms with Gasteiger partial charge in [-0.05, 0) is 24.8 Å². The molecule has 4 nitrogen and oxygen atoms in total. The van der Waals surface area contributed by atoms with E-state index in [1.54, 1.807) is 32.4 Å². The van der Waals surface area contributed by atoms with E-state index in [4.69, 9.17) is 9.47 Å². The molecule has 0 aliphatic heterocycles. The van der Waals surface area contributed by atoms with Crippen LogP contribution in [0.1, 0.15) is 24.3 Å². The minimum absolute atomic E-state index is 0.251. The highest BCUT2D eigenvalue weighted by Crippen LogP contribution is 2.41. The molecule has 0 saturated heterocycles. The Morgan fingerprint density at radius 1 is 1.33 bits per heavy atom. The molecule has 0 aromatic heterocycles. The highest BCUT2D eigenvalue weighted by molar-refractivity contribution is 5.45. The fourth-order valence-corrected chi connectivity index (χ4v) is 2.12. The van der Waals surface area contributed by atoms with Crippen molar-refractivity contribution in [2.45, 2.75) is 24.9 Å². The molecule has 0 amide bonds. The first-order chi connectivity index (χ1) is 8.71. The second-order valence-electron chi connectivity index (χ2n) is 4.54. The normalized spacial score (nSPS) is 17.7. The summed E-state index contributed by atoms with van der Waals surface area (Å²) >= 11 is 0. The second kappa shape index (κ2) is 5.28. The van der Waals surface area contributed by atoms with E-state index in [2.05, 4.69) is 6.07 Å². The Morgan fingerprint density at radius 3 is 2.56 bits per heavy atom. The summed E-state index contributed by atoms with van der Waals surface area (Å²) in [6.07, 6.45) is 1.38. The minimum Gasteiger partial charge on any atom is -0.497 e. The van der Waals surface area contributed by atoms with Crippen LogP contribution in [-0.4, -0.2) is 25.4 Å². The number of methoxy groups -OCH3 is 2. The molecule has 1 saturated carbocycles. The van der Waals surface area contributed by atoms with Crippen molar-refractivity contribution in [1.82, 2.24) is 0 Å². The lowest BCUT2D eigenvalue weighted by Gasteiger charge is -2.19. The van der Waals surface area contributed by atoms with Crippen molar-refractivity contribution in [3.8, 4) is 17.6 Å². The first kappa shape index (κ1) is 12.7. The summed E-state index contributed by atoms with van der Waals surface area (Å²) in [6.45, 7) is 0. The van der Waals surface area contributed by atoms with E-state index >= 15 is 0 Å². The van der Waals surface area contributed by atoms with Crippen molar-refractivity contribution in [2.75, 3.05) is 14.2 Å². The fourth-order valence-electron chi connectivity index (χ4n) is 2.12. The summed E-state index contributed by atoms with van der Waals surface area (Å²) in [7, 11) is 3.13. The number of hydrogen-bond donors (Lipinski definition) is 1. The largest absolute Gasteiger partial charge is 0.497 e. The van der Waals surface area contributed by atoms with Crippen LogP contribution in [0.15, 0.2) is 18.2 Å². The number of ether oxygens (including phenoxy) is 2. The van der Waals surface area contributed by atoms with Crippen molar-refractivity contribution >= 4 is 0 Å². The summed E-state index contributed by atoms with van der Waals surface area (Å²) in [5.41, 5.74) is 0.722. The van der Waals surface area contributed by atoms with E-state index in [0.717, 1.165) is 18.4 Å². The van der Waals surface area contributed by atoms with Gasteiger partial charge in [-0.1, -0.05) is 6.07 Å². The zero-order valence-electron chi connectivity index (χ0n) is 10.6. The summed E-state index contributed by atoms with van der Waals surface area (Å²) in [4.78, 5) is 0.